The third-order valence-electron chi connectivity index (χ3n) is 14.2. The quantitative estimate of drug-likeness (QED) is 0.172. The van der Waals surface area contributed by atoms with Crippen molar-refractivity contribution in [2.45, 2.75) is 35.3 Å². The van der Waals surface area contributed by atoms with Crippen LogP contribution in [0.3, 0.4) is 0 Å². The molecule has 0 N–H and O–H groups in total. The smallest absolute Gasteiger partial charge is 0.0561 e. The van der Waals surface area contributed by atoms with Crippen LogP contribution in [0.1, 0.15) is 47.6 Å². The highest BCUT2D eigenvalue weighted by Crippen LogP contribution is 2.65. The van der Waals surface area contributed by atoms with E-state index in [9.17, 15) is 0 Å². The molecule has 10 aromatic rings. The summed E-state index contributed by atoms with van der Waals surface area (Å²) in [4.78, 5) is 3.99. The van der Waals surface area contributed by atoms with Crippen LogP contribution in [0.2, 0.25) is 0 Å². The Bertz CT molecular complexity index is 3540. The van der Waals surface area contributed by atoms with Gasteiger partial charge in [0.2, 0.25) is 0 Å². The van der Waals surface area contributed by atoms with E-state index < -0.39 is 0 Å². The van der Waals surface area contributed by atoms with Crippen molar-refractivity contribution in [2.24, 2.45) is 0 Å². The second-order valence-electron chi connectivity index (χ2n) is 17.6. The molecule has 2 heterocycles. The molecule has 3 aliphatic carbocycles. The molecule has 14 rings (SSSR count). The van der Waals surface area contributed by atoms with E-state index in [1.54, 1.807) is 0 Å². The number of hydrogen-bond donors (Lipinski definition) is 0. The molecule has 3 heteroatoms. The molecule has 9 aromatic carbocycles. The molecular weight excluding hydrogens is 745 g/mol. The number of para-hydroxylation sites is 2. The van der Waals surface area contributed by atoms with Crippen LogP contribution in [0.5, 0.6) is 0 Å². The van der Waals surface area contributed by atoms with Crippen LogP contribution < -0.4 is 4.90 Å². The Balaban J connectivity index is 1.10. The van der Waals surface area contributed by atoms with E-state index in [1.165, 1.54) is 104 Å². The highest BCUT2D eigenvalue weighted by molar-refractivity contribution is 8.00. The lowest BCUT2D eigenvalue weighted by Gasteiger charge is -2.31. The fourth-order valence-corrected chi connectivity index (χ4v) is 12.9. The van der Waals surface area contributed by atoms with E-state index in [-0.39, 0.29) is 5.41 Å². The Morgan fingerprint density at radius 3 is 2.10 bits per heavy atom. The van der Waals surface area contributed by atoms with Crippen LogP contribution in [0.25, 0.3) is 77.4 Å². The van der Waals surface area contributed by atoms with E-state index in [0.29, 0.717) is 11.2 Å². The maximum Gasteiger partial charge on any atom is 0.0561 e. The molecule has 0 spiro atoms. The molecule has 60 heavy (non-hydrogen) atoms. The van der Waals surface area contributed by atoms with Gasteiger partial charge in [-0.1, -0.05) is 141 Å². The summed E-state index contributed by atoms with van der Waals surface area (Å²) in [6.45, 7) is 4.91. The maximum absolute atomic E-state index is 2.57. The van der Waals surface area contributed by atoms with Crippen molar-refractivity contribution in [3.05, 3.63) is 204 Å². The first kappa shape index (κ1) is 33.1. The lowest BCUT2D eigenvalue weighted by atomic mass is 9.76. The summed E-state index contributed by atoms with van der Waals surface area (Å²) in [5, 5.41) is 8.49. The van der Waals surface area contributed by atoms with Crippen LogP contribution in [0.15, 0.2) is 181 Å². The number of anilines is 3. The van der Waals surface area contributed by atoms with Gasteiger partial charge in [0.15, 0.2) is 0 Å². The average Bonchev–Trinajstić information content (AvgIpc) is 3.88. The second kappa shape index (κ2) is 11.7. The average molecular weight is 783 g/mol. The molecule has 2 unspecified atom stereocenters. The number of rotatable bonds is 5. The predicted molar refractivity (Wildman–Crippen MR) is 254 cm³/mol. The summed E-state index contributed by atoms with van der Waals surface area (Å²) in [5.41, 5.74) is 19.5. The second-order valence-corrected chi connectivity index (χ2v) is 18.8. The van der Waals surface area contributed by atoms with Gasteiger partial charge >= 0.3 is 0 Å². The van der Waals surface area contributed by atoms with Crippen LogP contribution >= 0.6 is 11.8 Å². The summed E-state index contributed by atoms with van der Waals surface area (Å²) in [7, 11) is 0. The molecule has 1 aliphatic heterocycles. The minimum absolute atomic E-state index is 0.192. The summed E-state index contributed by atoms with van der Waals surface area (Å²) >= 11 is 2.06. The van der Waals surface area contributed by atoms with Gasteiger partial charge in [-0.15, -0.1) is 11.8 Å². The van der Waals surface area contributed by atoms with E-state index in [2.05, 4.69) is 217 Å². The zero-order valence-corrected chi connectivity index (χ0v) is 34.1. The van der Waals surface area contributed by atoms with Gasteiger partial charge in [-0.3, -0.25) is 0 Å². The van der Waals surface area contributed by atoms with Gasteiger partial charge in [-0.05, 0) is 121 Å². The van der Waals surface area contributed by atoms with Crippen LogP contribution in [0, 0.1) is 0 Å². The van der Waals surface area contributed by atoms with E-state index in [1.807, 2.05) is 0 Å². The van der Waals surface area contributed by atoms with Gasteiger partial charge in [0.1, 0.15) is 0 Å². The predicted octanol–water partition coefficient (Wildman–Crippen LogP) is 15.5. The normalized spacial score (nSPS) is 17.2. The molecule has 2 nitrogen and oxygen atoms in total. The Kier molecular flexibility index (Phi) is 6.44. The molecule has 282 valence electrons. The molecule has 2 atom stereocenters. The Morgan fingerprint density at radius 1 is 0.550 bits per heavy atom. The standard InChI is InChI=1S/C57H38N2S/c1-57(2)43-28-21-35-17-18-36-22-29-48-55-51(36)50(35)53(43)54-44(57)32-47(42-27-30-49(60-48)56(55)52(42)54)58(38-23-19-34(20-24-38)33-11-5-3-6-12-33)39-25-26-41-40-15-9-10-16-45(40)59(46(41)31-39)37-13-7-4-8-14-37/h3-32,48,55H,1-2H3. The third-order valence-corrected chi connectivity index (χ3v) is 15.5. The van der Waals surface area contributed by atoms with E-state index >= 15 is 0 Å². The zero-order valence-electron chi connectivity index (χ0n) is 33.3. The Labute approximate surface area is 353 Å². The molecule has 0 fully saturated rings. The van der Waals surface area contributed by atoms with Gasteiger partial charge in [0.05, 0.1) is 16.7 Å². The fraction of sp³-hybridized carbons (Fsp3) is 0.0877. The monoisotopic (exact) mass is 782 g/mol. The van der Waals surface area contributed by atoms with Crippen LogP contribution in [-0.4, -0.2) is 9.82 Å². The van der Waals surface area contributed by atoms with Gasteiger partial charge < -0.3 is 9.47 Å². The number of thioether (sulfide) groups is 1. The minimum atomic E-state index is -0.192. The van der Waals surface area contributed by atoms with Crippen molar-refractivity contribution < 1.29 is 0 Å². The molecule has 0 amide bonds. The molecular formula is C57H38N2S. The SMILES string of the molecule is CC1(C)c2ccc3ccc4c5c3c2-c2c1cc(N(c1ccc(-c3ccccc3)cc1)c1ccc3c6ccccc6n(-c6ccccc6)c3c1)c1ccc3c(c21)C5C(C=C4)S3. The van der Waals surface area contributed by atoms with Gasteiger partial charge in [0.25, 0.3) is 0 Å². The number of benzene rings is 9. The number of aromatic nitrogens is 1. The number of nitrogens with zero attached hydrogens (tertiary/aromatic N) is 2. The first-order valence-electron chi connectivity index (χ1n) is 21.2. The fourth-order valence-electron chi connectivity index (χ4n) is 11.6. The highest BCUT2D eigenvalue weighted by Gasteiger charge is 2.47. The van der Waals surface area contributed by atoms with E-state index in [0.717, 1.165) is 17.1 Å². The van der Waals surface area contributed by atoms with Crippen molar-refractivity contribution >= 4 is 78.3 Å². The molecule has 0 saturated carbocycles. The lowest BCUT2D eigenvalue weighted by molar-refractivity contribution is 0.661. The van der Waals surface area contributed by atoms with E-state index in [4.69, 9.17) is 0 Å². The molecule has 0 saturated heterocycles. The van der Waals surface area contributed by atoms with Crippen molar-refractivity contribution in [3.8, 4) is 27.9 Å². The third kappa shape index (κ3) is 4.20. The maximum atomic E-state index is 2.57. The van der Waals surface area contributed by atoms with Gasteiger partial charge in [0, 0.05) is 54.7 Å². The summed E-state index contributed by atoms with van der Waals surface area (Å²) < 4.78 is 2.44. The van der Waals surface area contributed by atoms with Gasteiger partial charge in [-0.2, -0.15) is 0 Å². The number of hydrogen-bond acceptors (Lipinski definition) is 2. The molecule has 0 radical (unpaired) electrons. The summed E-state index contributed by atoms with van der Waals surface area (Å²) in [6.07, 6.45) is 4.88. The lowest BCUT2D eigenvalue weighted by Crippen LogP contribution is -2.18. The van der Waals surface area contributed by atoms with Crippen LogP contribution in [0.4, 0.5) is 17.1 Å². The largest absolute Gasteiger partial charge is 0.310 e. The molecule has 1 aromatic heterocycles. The van der Waals surface area contributed by atoms with Crippen molar-refractivity contribution in [2.75, 3.05) is 4.90 Å². The first-order chi connectivity index (χ1) is 29.5. The minimum Gasteiger partial charge on any atom is -0.310 e. The zero-order chi connectivity index (χ0) is 39.4. The molecule has 4 aliphatic rings. The van der Waals surface area contributed by atoms with Crippen molar-refractivity contribution in [1.82, 2.24) is 4.57 Å². The van der Waals surface area contributed by atoms with Gasteiger partial charge in [-0.25, -0.2) is 0 Å². The van der Waals surface area contributed by atoms with Crippen molar-refractivity contribution in [1.29, 1.82) is 0 Å². The number of fused-ring (bicyclic) bond motifs is 3. The first-order valence-corrected chi connectivity index (χ1v) is 22.0. The Hall–Kier alpha value is -6.81. The van der Waals surface area contributed by atoms with Crippen molar-refractivity contribution in [3.63, 3.8) is 0 Å². The topological polar surface area (TPSA) is 8.17 Å². The highest BCUT2D eigenvalue weighted by atomic mass is 32.2. The summed E-state index contributed by atoms with van der Waals surface area (Å²) in [5.74, 6) is 0.313. The molecule has 0 bridgehead atoms. The summed E-state index contributed by atoms with van der Waals surface area (Å²) in [6, 6.07) is 63.8. The Morgan fingerprint density at radius 2 is 1.25 bits per heavy atom. The van der Waals surface area contributed by atoms with Crippen LogP contribution in [-0.2, 0) is 5.41 Å².